The van der Waals surface area contributed by atoms with Crippen molar-refractivity contribution in [3.63, 3.8) is 0 Å². The molecule has 2 rings (SSSR count). The predicted octanol–water partition coefficient (Wildman–Crippen LogP) is 3.28. The second-order valence-electron chi connectivity index (χ2n) is 5.25. The molecule has 0 heterocycles. The molecular weight excluding hydrogens is 409 g/mol. The quantitative estimate of drug-likeness (QED) is 0.748. The molecule has 2 N–H and O–H groups in total. The Morgan fingerprint density at radius 1 is 1.19 bits per heavy atom. The molecule has 0 saturated carbocycles. The van der Waals surface area contributed by atoms with Crippen LogP contribution in [0.2, 0.25) is 5.02 Å². The van der Waals surface area contributed by atoms with Gasteiger partial charge in [-0.2, -0.15) is 13.2 Å². The Kier molecular flexibility index (Phi) is 6.34. The molecule has 0 aliphatic rings. The van der Waals surface area contributed by atoms with Gasteiger partial charge in [0.05, 0.1) is 29.1 Å². The summed E-state index contributed by atoms with van der Waals surface area (Å²) in [6, 6.07) is 7.60. The lowest BCUT2D eigenvalue weighted by atomic mass is 10.2. The van der Waals surface area contributed by atoms with Crippen LogP contribution in [0, 0.1) is 0 Å². The van der Waals surface area contributed by atoms with Crippen LogP contribution >= 0.6 is 11.6 Å². The van der Waals surface area contributed by atoms with Crippen molar-refractivity contribution in [2.24, 2.45) is 0 Å². The van der Waals surface area contributed by atoms with Crippen LogP contribution in [-0.4, -0.2) is 28.0 Å². The molecule has 0 aliphatic carbocycles. The lowest BCUT2D eigenvalue weighted by Crippen LogP contribution is -2.33. The van der Waals surface area contributed by atoms with Gasteiger partial charge < -0.3 is 10.1 Å². The monoisotopic (exact) mass is 422 g/mol. The minimum atomic E-state index is -4.68. The highest BCUT2D eigenvalue weighted by Gasteiger charge is 2.31. The molecule has 0 unspecified atom stereocenters. The highest BCUT2D eigenvalue weighted by Crippen LogP contribution is 2.30. The van der Waals surface area contributed by atoms with Crippen molar-refractivity contribution in [1.82, 2.24) is 4.72 Å². The molecule has 2 aromatic carbocycles. The van der Waals surface area contributed by atoms with E-state index in [2.05, 4.69) is 5.32 Å². The Bertz CT molecular complexity index is 949. The van der Waals surface area contributed by atoms with Gasteiger partial charge in [-0.15, -0.1) is 0 Å². The van der Waals surface area contributed by atoms with Crippen molar-refractivity contribution in [2.75, 3.05) is 19.0 Å². The molecule has 0 atom stereocenters. The summed E-state index contributed by atoms with van der Waals surface area (Å²) in [6.45, 7) is -0.678. The Hall–Kier alpha value is -2.30. The number of nitrogens with one attached hydrogen (secondary N) is 2. The smallest absolute Gasteiger partial charge is 0.416 e. The van der Waals surface area contributed by atoms with Gasteiger partial charge in [0, 0.05) is 5.69 Å². The van der Waals surface area contributed by atoms with Crippen LogP contribution in [0.25, 0.3) is 0 Å². The molecule has 0 aromatic heterocycles. The van der Waals surface area contributed by atoms with Crippen LogP contribution in [0.5, 0.6) is 5.75 Å². The van der Waals surface area contributed by atoms with E-state index in [9.17, 15) is 26.4 Å². The summed E-state index contributed by atoms with van der Waals surface area (Å²) in [5, 5.41) is 2.64. The number of hydrogen-bond donors (Lipinski definition) is 2. The highest BCUT2D eigenvalue weighted by atomic mass is 35.5. The Balaban J connectivity index is 2.04. The Morgan fingerprint density at radius 3 is 2.48 bits per heavy atom. The zero-order chi connectivity index (χ0) is 20.2. The van der Waals surface area contributed by atoms with Gasteiger partial charge in [0.1, 0.15) is 5.75 Å². The maximum atomic E-state index is 12.7. The van der Waals surface area contributed by atoms with E-state index in [1.807, 2.05) is 4.72 Å². The maximum absolute atomic E-state index is 12.7. The van der Waals surface area contributed by atoms with Crippen molar-refractivity contribution in [3.8, 4) is 5.75 Å². The first kappa shape index (κ1) is 21.0. The van der Waals surface area contributed by atoms with Crippen LogP contribution < -0.4 is 14.8 Å². The fraction of sp³-hybridized carbons (Fsp3) is 0.188. The molecule has 0 bridgehead atoms. The van der Waals surface area contributed by atoms with E-state index in [0.717, 1.165) is 18.2 Å². The second-order valence-corrected chi connectivity index (χ2v) is 7.42. The standard InChI is InChI=1S/C16H14ClF3N2O4S/c1-26-14-6-5-11(8-13(14)17)22-15(23)9-21-27(24,25)12-4-2-3-10(7-12)16(18,19)20/h2-8,21H,9H2,1H3,(H,22,23). The molecule has 0 fully saturated rings. The van der Waals surface area contributed by atoms with Gasteiger partial charge in [-0.3, -0.25) is 4.79 Å². The van der Waals surface area contributed by atoms with E-state index in [1.54, 1.807) is 0 Å². The number of hydrogen-bond acceptors (Lipinski definition) is 4. The number of carbonyl (C=O) groups is 1. The fourth-order valence-electron chi connectivity index (χ4n) is 2.03. The first-order valence-corrected chi connectivity index (χ1v) is 9.19. The van der Waals surface area contributed by atoms with Gasteiger partial charge in [0.15, 0.2) is 0 Å². The van der Waals surface area contributed by atoms with E-state index in [1.165, 1.54) is 25.3 Å². The van der Waals surface area contributed by atoms with Crippen molar-refractivity contribution >= 4 is 33.2 Å². The molecule has 6 nitrogen and oxygen atoms in total. The van der Waals surface area contributed by atoms with Gasteiger partial charge in [0.25, 0.3) is 0 Å². The number of carbonyl (C=O) groups excluding carboxylic acids is 1. The van der Waals surface area contributed by atoms with Crippen LogP contribution in [0.15, 0.2) is 47.4 Å². The number of methoxy groups -OCH3 is 1. The SMILES string of the molecule is COc1ccc(NC(=O)CNS(=O)(=O)c2cccc(C(F)(F)F)c2)cc1Cl. The maximum Gasteiger partial charge on any atom is 0.416 e. The summed E-state index contributed by atoms with van der Waals surface area (Å²) in [4.78, 5) is 11.3. The molecule has 146 valence electrons. The topological polar surface area (TPSA) is 84.5 Å². The number of alkyl halides is 3. The van der Waals surface area contributed by atoms with Crippen molar-refractivity contribution < 1.29 is 31.1 Å². The van der Waals surface area contributed by atoms with E-state index in [-0.39, 0.29) is 5.02 Å². The number of sulfonamides is 1. The number of ether oxygens (including phenoxy) is 1. The van der Waals surface area contributed by atoms with Gasteiger partial charge >= 0.3 is 6.18 Å². The minimum absolute atomic E-state index is 0.236. The van der Waals surface area contributed by atoms with Gasteiger partial charge in [-0.1, -0.05) is 17.7 Å². The summed E-state index contributed by atoms with van der Waals surface area (Å²) in [7, 11) is -2.89. The average molecular weight is 423 g/mol. The zero-order valence-electron chi connectivity index (χ0n) is 13.8. The molecule has 2 aromatic rings. The summed E-state index contributed by atoms with van der Waals surface area (Å²) in [6.07, 6.45) is -4.68. The molecule has 11 heteroatoms. The molecule has 1 amide bonds. The van der Waals surface area contributed by atoms with Crippen molar-refractivity contribution in [1.29, 1.82) is 0 Å². The van der Waals surface area contributed by atoms with Gasteiger partial charge in [-0.25, -0.2) is 13.1 Å². The van der Waals surface area contributed by atoms with Crippen LogP contribution in [0.3, 0.4) is 0 Å². The summed E-state index contributed by atoms with van der Waals surface area (Å²) < 4.78 is 69.2. The number of anilines is 1. The molecule has 0 spiro atoms. The third-order valence-electron chi connectivity index (χ3n) is 3.33. The van der Waals surface area contributed by atoms with Crippen LogP contribution in [0.4, 0.5) is 18.9 Å². The van der Waals surface area contributed by atoms with E-state index in [0.29, 0.717) is 17.5 Å². The van der Waals surface area contributed by atoms with Gasteiger partial charge in [0.2, 0.25) is 15.9 Å². The Morgan fingerprint density at radius 2 is 1.89 bits per heavy atom. The lowest BCUT2D eigenvalue weighted by Gasteiger charge is -2.11. The average Bonchev–Trinajstić information content (AvgIpc) is 2.60. The van der Waals surface area contributed by atoms with Crippen LogP contribution in [0.1, 0.15) is 5.56 Å². The minimum Gasteiger partial charge on any atom is -0.495 e. The number of benzene rings is 2. The Labute approximate surface area is 158 Å². The van der Waals surface area contributed by atoms with Crippen LogP contribution in [-0.2, 0) is 21.0 Å². The van der Waals surface area contributed by atoms with E-state index in [4.69, 9.17) is 16.3 Å². The van der Waals surface area contributed by atoms with E-state index < -0.39 is 39.1 Å². The highest BCUT2D eigenvalue weighted by molar-refractivity contribution is 7.89. The lowest BCUT2D eigenvalue weighted by molar-refractivity contribution is -0.137. The van der Waals surface area contributed by atoms with Crippen molar-refractivity contribution in [3.05, 3.63) is 53.1 Å². The third-order valence-corrected chi connectivity index (χ3v) is 5.02. The molecule has 0 radical (unpaired) electrons. The second kappa shape index (κ2) is 8.15. The number of amides is 1. The first-order chi connectivity index (χ1) is 12.5. The third kappa shape index (κ3) is 5.59. The van der Waals surface area contributed by atoms with Crippen molar-refractivity contribution in [2.45, 2.75) is 11.1 Å². The van der Waals surface area contributed by atoms with Gasteiger partial charge in [-0.05, 0) is 36.4 Å². The first-order valence-electron chi connectivity index (χ1n) is 7.33. The number of rotatable bonds is 6. The molecule has 0 aliphatic heterocycles. The summed E-state index contributed by atoms with van der Waals surface area (Å²) in [5.41, 5.74) is -0.813. The molecular formula is C16H14ClF3N2O4S. The zero-order valence-corrected chi connectivity index (χ0v) is 15.4. The molecule has 27 heavy (non-hydrogen) atoms. The van der Waals surface area contributed by atoms with E-state index >= 15 is 0 Å². The number of halogens is 4. The summed E-state index contributed by atoms with van der Waals surface area (Å²) in [5.74, 6) is -0.341. The largest absolute Gasteiger partial charge is 0.495 e. The molecule has 0 saturated heterocycles. The fourth-order valence-corrected chi connectivity index (χ4v) is 3.32. The normalized spacial score (nSPS) is 11.9. The summed E-state index contributed by atoms with van der Waals surface area (Å²) >= 11 is 5.91. The predicted molar refractivity (Wildman–Crippen MR) is 93.3 cm³/mol.